The monoisotopic (exact) mass is 352 g/mol. The average Bonchev–Trinajstić information content (AvgIpc) is 2.57. The zero-order valence-corrected chi connectivity index (χ0v) is 16.0. The van der Waals surface area contributed by atoms with Gasteiger partial charge in [-0.1, -0.05) is 19.4 Å². The smallest absolute Gasteiger partial charge is 0.191 e. The van der Waals surface area contributed by atoms with Gasteiger partial charge in [-0.25, -0.2) is 9.38 Å². The number of nitrogens with one attached hydrogen (secondary N) is 2. The van der Waals surface area contributed by atoms with Gasteiger partial charge >= 0.3 is 0 Å². The van der Waals surface area contributed by atoms with Crippen molar-refractivity contribution in [3.8, 4) is 0 Å². The van der Waals surface area contributed by atoms with Gasteiger partial charge in [0, 0.05) is 33.8 Å². The number of nitrogens with zero attached hydrogens (tertiary/aromatic N) is 2. The second-order valence-electron chi connectivity index (χ2n) is 6.42. The van der Waals surface area contributed by atoms with E-state index in [0.717, 1.165) is 43.9 Å². The normalized spacial score (nSPS) is 12.8. The summed E-state index contributed by atoms with van der Waals surface area (Å²) in [6.07, 6.45) is 2.96. The van der Waals surface area contributed by atoms with Crippen molar-refractivity contribution in [3.63, 3.8) is 0 Å². The third-order valence-corrected chi connectivity index (χ3v) is 4.05. The van der Waals surface area contributed by atoms with E-state index in [9.17, 15) is 4.39 Å². The second kappa shape index (κ2) is 11.7. The first-order chi connectivity index (χ1) is 12.0. The summed E-state index contributed by atoms with van der Waals surface area (Å²) in [5.74, 6) is 0.913. The molecule has 1 atom stereocenters. The van der Waals surface area contributed by atoms with E-state index in [1.165, 1.54) is 6.07 Å². The van der Waals surface area contributed by atoms with Crippen LogP contribution in [0.2, 0.25) is 0 Å². The molecule has 1 aromatic rings. The summed E-state index contributed by atoms with van der Waals surface area (Å²) in [6.45, 7) is 6.32. The van der Waals surface area contributed by atoms with E-state index in [4.69, 9.17) is 5.11 Å². The zero-order valence-electron chi connectivity index (χ0n) is 16.0. The number of rotatable bonds is 10. The van der Waals surface area contributed by atoms with Crippen molar-refractivity contribution in [2.45, 2.75) is 39.7 Å². The molecule has 1 rings (SSSR count). The molecule has 1 unspecified atom stereocenters. The molecule has 1 aromatic carbocycles. The first kappa shape index (κ1) is 21.2. The molecule has 0 aromatic heterocycles. The fraction of sp³-hybridized carbons (Fsp3) is 0.632. The van der Waals surface area contributed by atoms with Crippen molar-refractivity contribution in [1.29, 1.82) is 0 Å². The quantitative estimate of drug-likeness (QED) is 0.448. The van der Waals surface area contributed by atoms with E-state index in [0.29, 0.717) is 18.2 Å². The number of benzene rings is 1. The van der Waals surface area contributed by atoms with Crippen molar-refractivity contribution in [2.75, 3.05) is 38.7 Å². The second-order valence-corrected chi connectivity index (χ2v) is 6.42. The van der Waals surface area contributed by atoms with Crippen molar-refractivity contribution in [2.24, 2.45) is 10.9 Å². The fourth-order valence-corrected chi connectivity index (χ4v) is 2.70. The minimum atomic E-state index is -0.235. The molecule has 0 heterocycles. The maximum absolute atomic E-state index is 14.1. The third kappa shape index (κ3) is 7.73. The lowest BCUT2D eigenvalue weighted by Gasteiger charge is -2.18. The molecule has 0 saturated carbocycles. The van der Waals surface area contributed by atoms with Gasteiger partial charge in [-0.05, 0) is 43.4 Å². The van der Waals surface area contributed by atoms with Gasteiger partial charge < -0.3 is 20.6 Å². The maximum atomic E-state index is 14.1. The van der Waals surface area contributed by atoms with Gasteiger partial charge in [0.2, 0.25) is 0 Å². The van der Waals surface area contributed by atoms with Crippen LogP contribution < -0.4 is 15.5 Å². The van der Waals surface area contributed by atoms with E-state index in [1.54, 1.807) is 11.0 Å². The molecule has 0 aliphatic rings. The molecule has 6 heteroatoms. The molecule has 0 aliphatic heterocycles. The van der Waals surface area contributed by atoms with Gasteiger partial charge in [-0.15, -0.1) is 0 Å². The average molecular weight is 352 g/mol. The largest absolute Gasteiger partial charge is 0.396 e. The van der Waals surface area contributed by atoms with Gasteiger partial charge in [0.25, 0.3) is 0 Å². The summed E-state index contributed by atoms with van der Waals surface area (Å²) in [4.78, 5) is 6.30. The van der Waals surface area contributed by atoms with Crippen LogP contribution in [-0.4, -0.2) is 44.9 Å². The molecule has 0 aliphatic carbocycles. The highest BCUT2D eigenvalue weighted by Gasteiger charge is 2.09. The Kier molecular flexibility index (Phi) is 9.92. The molecule has 0 saturated heterocycles. The minimum Gasteiger partial charge on any atom is -0.396 e. The zero-order chi connectivity index (χ0) is 18.7. The van der Waals surface area contributed by atoms with Crippen molar-refractivity contribution >= 4 is 11.6 Å². The Labute approximate surface area is 151 Å². The van der Waals surface area contributed by atoms with E-state index in [1.807, 2.05) is 27.1 Å². The molecule has 25 heavy (non-hydrogen) atoms. The van der Waals surface area contributed by atoms with Crippen LogP contribution in [-0.2, 0) is 6.54 Å². The number of halogens is 1. The predicted molar refractivity (Wildman–Crippen MR) is 104 cm³/mol. The summed E-state index contributed by atoms with van der Waals surface area (Å²) in [5, 5.41) is 15.7. The highest BCUT2D eigenvalue weighted by Crippen LogP contribution is 2.18. The number of aliphatic hydroxyl groups excluding tert-OH is 1. The SMILES string of the molecule is CCCC(CCO)CNC(=NCc1ccc(N(C)C)c(F)c1)NCC. The number of guanidine groups is 1. The lowest BCUT2D eigenvalue weighted by atomic mass is 10.0. The van der Waals surface area contributed by atoms with E-state index >= 15 is 0 Å². The Balaban J connectivity index is 2.70. The number of hydrogen-bond donors (Lipinski definition) is 3. The molecule has 5 nitrogen and oxygen atoms in total. The number of hydrogen-bond acceptors (Lipinski definition) is 3. The van der Waals surface area contributed by atoms with E-state index < -0.39 is 0 Å². The molecule has 0 spiro atoms. The standard InChI is InChI=1S/C19H33FN4O/c1-5-7-15(10-11-25)13-22-19(21-6-2)23-14-16-8-9-18(24(3)4)17(20)12-16/h8-9,12,15,25H,5-7,10-11,13-14H2,1-4H3,(H2,21,22,23). The summed E-state index contributed by atoms with van der Waals surface area (Å²) in [7, 11) is 3.64. The molecule has 0 fully saturated rings. The molecule has 0 bridgehead atoms. The van der Waals surface area contributed by atoms with Crippen molar-refractivity contribution < 1.29 is 9.50 Å². The molecule has 0 radical (unpaired) electrons. The molecule has 142 valence electrons. The van der Waals surface area contributed by atoms with Crippen LogP contribution >= 0.6 is 0 Å². The van der Waals surface area contributed by atoms with Gasteiger partial charge in [-0.3, -0.25) is 0 Å². The first-order valence-corrected chi connectivity index (χ1v) is 9.10. The Morgan fingerprint density at radius 1 is 1.24 bits per heavy atom. The van der Waals surface area contributed by atoms with Gasteiger partial charge in [0.15, 0.2) is 5.96 Å². The van der Waals surface area contributed by atoms with Crippen LogP contribution in [0.25, 0.3) is 0 Å². The van der Waals surface area contributed by atoms with Gasteiger partial charge in [0.1, 0.15) is 5.82 Å². The Bertz CT molecular complexity index is 528. The maximum Gasteiger partial charge on any atom is 0.191 e. The highest BCUT2D eigenvalue weighted by molar-refractivity contribution is 5.79. The Morgan fingerprint density at radius 3 is 2.56 bits per heavy atom. The predicted octanol–water partition coefficient (Wildman–Crippen LogP) is 2.75. The van der Waals surface area contributed by atoms with Gasteiger partial charge in [0.05, 0.1) is 12.2 Å². The number of aliphatic imine (C=N–C) groups is 1. The lowest BCUT2D eigenvalue weighted by molar-refractivity contribution is 0.251. The topological polar surface area (TPSA) is 59.9 Å². The van der Waals surface area contributed by atoms with Crippen LogP contribution in [0.15, 0.2) is 23.2 Å². The summed E-state index contributed by atoms with van der Waals surface area (Å²) in [6, 6.07) is 5.21. The lowest BCUT2D eigenvalue weighted by Crippen LogP contribution is -2.40. The number of aliphatic hydroxyl groups is 1. The number of anilines is 1. The molecular weight excluding hydrogens is 319 g/mol. The Morgan fingerprint density at radius 2 is 2.00 bits per heavy atom. The van der Waals surface area contributed by atoms with Crippen LogP contribution in [0, 0.1) is 11.7 Å². The van der Waals surface area contributed by atoms with Crippen LogP contribution in [0.1, 0.15) is 38.7 Å². The summed E-state index contributed by atoms with van der Waals surface area (Å²) < 4.78 is 14.1. The third-order valence-electron chi connectivity index (χ3n) is 4.05. The van der Waals surface area contributed by atoms with Crippen molar-refractivity contribution in [1.82, 2.24) is 10.6 Å². The molecule has 3 N–H and O–H groups in total. The van der Waals surface area contributed by atoms with Crippen LogP contribution in [0.5, 0.6) is 0 Å². The molecular formula is C19H33FN4O. The van der Waals surface area contributed by atoms with Gasteiger partial charge in [-0.2, -0.15) is 0 Å². The summed E-state index contributed by atoms with van der Waals surface area (Å²) >= 11 is 0. The van der Waals surface area contributed by atoms with Crippen LogP contribution in [0.3, 0.4) is 0 Å². The van der Waals surface area contributed by atoms with Crippen molar-refractivity contribution in [3.05, 3.63) is 29.6 Å². The van der Waals surface area contributed by atoms with E-state index in [2.05, 4.69) is 22.5 Å². The fourth-order valence-electron chi connectivity index (χ4n) is 2.70. The highest BCUT2D eigenvalue weighted by atomic mass is 19.1. The Hall–Kier alpha value is -1.82. The van der Waals surface area contributed by atoms with Crippen LogP contribution in [0.4, 0.5) is 10.1 Å². The first-order valence-electron chi connectivity index (χ1n) is 9.10. The van der Waals surface area contributed by atoms with E-state index in [-0.39, 0.29) is 12.4 Å². The minimum absolute atomic E-state index is 0.206. The summed E-state index contributed by atoms with van der Waals surface area (Å²) in [5.41, 5.74) is 1.41. The molecule has 0 amide bonds.